The minimum Gasteiger partial charge on any atom is -0.468 e. The van der Waals surface area contributed by atoms with Gasteiger partial charge in [0.25, 0.3) is 6.71 Å². The summed E-state index contributed by atoms with van der Waals surface area (Å²) in [4.78, 5) is 7.66. The van der Waals surface area contributed by atoms with Crippen LogP contribution in [0.4, 0.5) is 34.1 Å². The largest absolute Gasteiger partial charge is 0.468 e. The fourth-order valence-electron chi connectivity index (χ4n) is 9.96. The van der Waals surface area contributed by atoms with E-state index in [1.54, 1.807) is 0 Å². The van der Waals surface area contributed by atoms with E-state index in [2.05, 4.69) is 164 Å². The van der Waals surface area contributed by atoms with Crippen LogP contribution in [-0.2, 0) is 16.2 Å². The lowest BCUT2D eigenvalue weighted by Gasteiger charge is -2.47. The summed E-state index contributed by atoms with van der Waals surface area (Å²) in [6.45, 7) is 20.8. The Balaban J connectivity index is 1.39. The number of fused-ring (bicyclic) bond motifs is 8. The summed E-state index contributed by atoms with van der Waals surface area (Å²) in [6.07, 6.45) is 5.38. The van der Waals surface area contributed by atoms with Crippen LogP contribution in [0.1, 0.15) is 105 Å². The van der Waals surface area contributed by atoms with Gasteiger partial charge in [-0.15, -0.1) is 0 Å². The lowest BCUT2D eigenvalue weighted by atomic mass is 9.35. The molecule has 2 aliphatic heterocycles. The molecule has 2 fully saturated rings. The van der Waals surface area contributed by atoms with Crippen molar-refractivity contribution in [1.82, 2.24) is 0 Å². The zero-order valence-corrected chi connectivity index (χ0v) is 33.3. The van der Waals surface area contributed by atoms with Crippen molar-refractivity contribution in [1.29, 1.82) is 0 Å². The van der Waals surface area contributed by atoms with E-state index in [1.807, 2.05) is 0 Å². The van der Waals surface area contributed by atoms with Gasteiger partial charge in [-0.2, -0.15) is 0 Å². The molecule has 3 atom stereocenters. The number of benzene rings is 4. The maximum atomic E-state index is 7.24. The third-order valence-electron chi connectivity index (χ3n) is 13.0. The van der Waals surface area contributed by atoms with Crippen molar-refractivity contribution in [2.24, 2.45) is 11.8 Å². The summed E-state index contributed by atoms with van der Waals surface area (Å²) < 4.78 is 7.24. The van der Waals surface area contributed by atoms with Gasteiger partial charge in [0.05, 0.1) is 11.3 Å². The van der Waals surface area contributed by atoms with Crippen LogP contribution in [0, 0.1) is 11.8 Å². The Kier molecular flexibility index (Phi) is 7.26. The molecule has 9 rings (SSSR count). The zero-order valence-electron chi connectivity index (χ0n) is 33.3. The molecular weight excluding hydrogens is 633 g/mol. The van der Waals surface area contributed by atoms with Gasteiger partial charge in [-0.05, 0) is 117 Å². The van der Waals surface area contributed by atoms with Crippen LogP contribution in [0.5, 0.6) is 0 Å². The first-order valence-electron chi connectivity index (χ1n) is 19.8. The van der Waals surface area contributed by atoms with E-state index < -0.39 is 0 Å². The van der Waals surface area contributed by atoms with Crippen LogP contribution >= 0.6 is 0 Å². The van der Waals surface area contributed by atoms with Gasteiger partial charge in [0, 0.05) is 54.0 Å². The highest BCUT2D eigenvalue weighted by Gasteiger charge is 2.51. The van der Waals surface area contributed by atoms with Crippen LogP contribution in [-0.4, -0.2) is 26.8 Å². The van der Waals surface area contributed by atoms with Crippen molar-refractivity contribution < 1.29 is 4.42 Å². The lowest BCUT2D eigenvalue weighted by molar-refractivity contribution is 0.413. The Bertz CT molecular complexity index is 2220. The molecule has 52 heavy (non-hydrogen) atoms. The Morgan fingerprint density at radius 2 is 1.31 bits per heavy atom. The summed E-state index contributed by atoms with van der Waals surface area (Å²) in [5, 5.41) is 1.19. The fraction of sp³-hybridized carbons (Fsp3) is 0.447. The first kappa shape index (κ1) is 33.7. The molecule has 4 aromatic carbocycles. The molecule has 0 radical (unpaired) electrons. The van der Waals surface area contributed by atoms with Crippen LogP contribution in [0.3, 0.4) is 0 Å². The monoisotopic (exact) mass is 689 g/mol. The van der Waals surface area contributed by atoms with Gasteiger partial charge in [0.15, 0.2) is 0 Å². The molecule has 2 aliphatic carbocycles. The van der Waals surface area contributed by atoms with E-state index in [-0.39, 0.29) is 23.0 Å². The number of hydrogen-bond acceptors (Lipinski definition) is 4. The number of nitrogens with zero attached hydrogens (tertiary/aromatic N) is 3. The molecule has 2 bridgehead atoms. The lowest BCUT2D eigenvalue weighted by Crippen LogP contribution is -2.63. The van der Waals surface area contributed by atoms with Crippen molar-refractivity contribution in [2.45, 2.75) is 110 Å². The highest BCUT2D eigenvalue weighted by atomic mass is 16.3. The van der Waals surface area contributed by atoms with E-state index in [9.17, 15) is 0 Å². The molecule has 5 heteroatoms. The van der Waals surface area contributed by atoms with Gasteiger partial charge in [-0.25, -0.2) is 0 Å². The molecule has 1 aromatic heterocycles. The van der Waals surface area contributed by atoms with Gasteiger partial charge in [-0.3, -0.25) is 0 Å². The fourth-order valence-corrected chi connectivity index (χ4v) is 9.96. The minimum absolute atomic E-state index is 0.00951. The second-order valence-electron chi connectivity index (χ2n) is 19.8. The number of anilines is 6. The molecule has 3 unspecified atom stereocenters. The maximum absolute atomic E-state index is 7.24. The summed E-state index contributed by atoms with van der Waals surface area (Å²) in [6, 6.07) is 29.1. The van der Waals surface area contributed by atoms with Crippen molar-refractivity contribution in [3.8, 4) is 0 Å². The zero-order chi connectivity index (χ0) is 36.6. The third kappa shape index (κ3) is 5.08. The number of rotatable bonds is 3. The van der Waals surface area contributed by atoms with Gasteiger partial charge in [0.1, 0.15) is 5.58 Å². The molecule has 0 spiro atoms. The van der Waals surface area contributed by atoms with E-state index in [0.29, 0.717) is 6.04 Å². The molecule has 268 valence electrons. The summed E-state index contributed by atoms with van der Waals surface area (Å²) >= 11 is 0. The Morgan fingerprint density at radius 1 is 0.673 bits per heavy atom. The van der Waals surface area contributed by atoms with Gasteiger partial charge in [0.2, 0.25) is 0 Å². The SMILES string of the molecule is CN(C)c1cc2c3c(c1)N(C1CC4CCC1C4)c1ccc(C(C)(C)C)cc1B3c1oc3ccc(C(C)(C)C)cc3c1N2c1ccc(C(C)(C)C)cc1. The Labute approximate surface area is 312 Å². The van der Waals surface area contributed by atoms with Crippen molar-refractivity contribution in [2.75, 3.05) is 28.8 Å². The average Bonchev–Trinajstić information content (AvgIpc) is 3.81. The second-order valence-corrected chi connectivity index (χ2v) is 19.8. The van der Waals surface area contributed by atoms with Crippen LogP contribution in [0.2, 0.25) is 0 Å². The first-order valence-corrected chi connectivity index (χ1v) is 19.8. The van der Waals surface area contributed by atoms with Crippen molar-refractivity contribution in [3.63, 3.8) is 0 Å². The molecular formula is C47H56BN3O. The molecule has 0 saturated heterocycles. The molecule has 2 saturated carbocycles. The second kappa shape index (κ2) is 11.2. The van der Waals surface area contributed by atoms with Crippen LogP contribution < -0.4 is 31.3 Å². The average molecular weight is 690 g/mol. The highest BCUT2D eigenvalue weighted by molar-refractivity contribution is 6.99. The predicted octanol–water partition coefficient (Wildman–Crippen LogP) is 10.3. The molecule has 4 aliphatic rings. The normalized spacial score (nSPS) is 20.8. The summed E-state index contributed by atoms with van der Waals surface area (Å²) in [7, 11) is 4.39. The molecule has 3 heterocycles. The van der Waals surface area contributed by atoms with E-state index in [4.69, 9.17) is 4.42 Å². The van der Waals surface area contributed by atoms with Crippen LogP contribution in [0.15, 0.2) is 77.2 Å². The van der Waals surface area contributed by atoms with Crippen molar-refractivity contribution >= 4 is 68.4 Å². The third-order valence-corrected chi connectivity index (χ3v) is 13.0. The predicted molar refractivity (Wildman–Crippen MR) is 224 cm³/mol. The molecule has 0 N–H and O–H groups in total. The minimum atomic E-state index is -0.0149. The topological polar surface area (TPSA) is 22.9 Å². The first-order chi connectivity index (χ1) is 24.5. The van der Waals surface area contributed by atoms with E-state index in [1.165, 1.54) is 92.8 Å². The quantitative estimate of drug-likeness (QED) is 0.173. The van der Waals surface area contributed by atoms with Gasteiger partial charge < -0.3 is 19.1 Å². The number of hydrogen-bond donors (Lipinski definition) is 0. The highest BCUT2D eigenvalue weighted by Crippen LogP contribution is 2.53. The van der Waals surface area contributed by atoms with Gasteiger partial charge >= 0.3 is 0 Å². The Morgan fingerprint density at radius 3 is 1.92 bits per heavy atom. The molecule has 4 nitrogen and oxygen atoms in total. The Hall–Kier alpha value is -4.12. The molecule has 5 aromatic rings. The summed E-state index contributed by atoms with van der Waals surface area (Å²) in [5.41, 5.74) is 16.5. The van der Waals surface area contributed by atoms with Crippen molar-refractivity contribution in [3.05, 3.63) is 89.5 Å². The standard InChI is InChI=1S/C47H56BN3O/c1-45(2,3)30-14-18-33(19-15-30)50-39-26-34(49(10)11)27-40-42(39)48(44-43(50)35-24-31(46(4,5)6)17-21-41(35)52-44)36-25-32(47(7,8)9)16-20-37(36)51(40)38-23-28-12-13-29(38)22-28/h14-21,24-29,38H,12-13,22-23H2,1-11H3. The van der Waals surface area contributed by atoms with E-state index in [0.717, 1.165) is 23.1 Å². The summed E-state index contributed by atoms with van der Waals surface area (Å²) in [5.74, 6) is 1.58. The van der Waals surface area contributed by atoms with Crippen LogP contribution in [0.25, 0.3) is 11.0 Å². The number of furan rings is 1. The maximum Gasteiger partial charge on any atom is 0.297 e. The van der Waals surface area contributed by atoms with Gasteiger partial charge in [-0.1, -0.05) is 99.1 Å². The smallest absolute Gasteiger partial charge is 0.297 e. The molecule has 0 amide bonds. The van der Waals surface area contributed by atoms with E-state index >= 15 is 0 Å².